The molecule has 4 rings (SSSR count). The van der Waals surface area contributed by atoms with E-state index in [1.165, 1.54) is 4.31 Å². The minimum atomic E-state index is -3.53. The van der Waals surface area contributed by atoms with Crippen LogP contribution in [0.4, 0.5) is 4.79 Å². The Bertz CT molecular complexity index is 1090. The molecule has 2 N–H and O–H groups in total. The van der Waals surface area contributed by atoms with Crippen LogP contribution < -0.4 is 20.1 Å². The summed E-state index contributed by atoms with van der Waals surface area (Å²) >= 11 is 6.24. The fraction of sp³-hybridized carbons (Fsp3) is 0.409. The molecule has 2 amide bonds. The summed E-state index contributed by atoms with van der Waals surface area (Å²) in [5, 5.41) is 6.06. The van der Waals surface area contributed by atoms with Gasteiger partial charge in [0.25, 0.3) is 0 Å². The van der Waals surface area contributed by atoms with Crippen LogP contribution in [0.25, 0.3) is 0 Å². The zero-order valence-electron chi connectivity index (χ0n) is 18.0. The van der Waals surface area contributed by atoms with Crippen LogP contribution >= 0.6 is 11.6 Å². The number of hydrogen-bond donors (Lipinski definition) is 2. The topological polar surface area (TPSA) is 106 Å². The summed E-state index contributed by atoms with van der Waals surface area (Å²) < 4.78 is 43.0. The van der Waals surface area contributed by atoms with E-state index in [0.717, 1.165) is 11.1 Å². The lowest BCUT2D eigenvalue weighted by atomic mass is 10.1. The number of hydrogen-bond acceptors (Lipinski definition) is 6. The molecular weight excluding hydrogens is 470 g/mol. The summed E-state index contributed by atoms with van der Waals surface area (Å²) in [6.45, 7) is 3.15. The number of carbonyl (C=O) groups is 1. The number of morpholine rings is 1. The molecular formula is C22H26ClN3O6S. The van der Waals surface area contributed by atoms with E-state index in [9.17, 15) is 13.2 Å². The Morgan fingerprint density at radius 3 is 2.45 bits per heavy atom. The van der Waals surface area contributed by atoms with Crippen LogP contribution in [0.15, 0.2) is 41.3 Å². The van der Waals surface area contributed by atoms with Gasteiger partial charge in [0, 0.05) is 26.2 Å². The highest BCUT2D eigenvalue weighted by molar-refractivity contribution is 7.89. The number of rotatable bonds is 7. The van der Waals surface area contributed by atoms with E-state index in [1.807, 2.05) is 6.07 Å². The summed E-state index contributed by atoms with van der Waals surface area (Å²) in [5.41, 5.74) is 1.73. The Morgan fingerprint density at radius 1 is 0.970 bits per heavy atom. The van der Waals surface area contributed by atoms with Crippen molar-refractivity contribution in [1.82, 2.24) is 14.9 Å². The Morgan fingerprint density at radius 2 is 1.70 bits per heavy atom. The highest BCUT2D eigenvalue weighted by atomic mass is 35.5. The first-order valence-electron chi connectivity index (χ1n) is 10.7. The number of benzene rings is 2. The normalized spacial score (nSPS) is 16.3. The zero-order chi connectivity index (χ0) is 23.3. The van der Waals surface area contributed by atoms with Crippen molar-refractivity contribution in [3.05, 3.63) is 52.5 Å². The monoisotopic (exact) mass is 495 g/mol. The second kappa shape index (κ2) is 10.6. The van der Waals surface area contributed by atoms with E-state index in [2.05, 4.69) is 10.6 Å². The zero-order valence-corrected chi connectivity index (χ0v) is 19.6. The molecule has 0 saturated carbocycles. The molecule has 0 aromatic heterocycles. The second-order valence-corrected chi connectivity index (χ2v) is 9.97. The van der Waals surface area contributed by atoms with Crippen LogP contribution in [-0.4, -0.2) is 64.8 Å². The third-order valence-corrected chi connectivity index (χ3v) is 7.53. The summed E-state index contributed by atoms with van der Waals surface area (Å²) in [5.74, 6) is 1.17. The molecule has 1 saturated heterocycles. The van der Waals surface area contributed by atoms with E-state index in [1.54, 1.807) is 30.3 Å². The van der Waals surface area contributed by atoms with Gasteiger partial charge >= 0.3 is 6.03 Å². The van der Waals surface area contributed by atoms with Gasteiger partial charge in [0.05, 0.1) is 23.1 Å². The van der Waals surface area contributed by atoms with Crippen molar-refractivity contribution in [1.29, 1.82) is 0 Å². The van der Waals surface area contributed by atoms with Crippen molar-refractivity contribution in [3.8, 4) is 11.5 Å². The van der Waals surface area contributed by atoms with Crippen molar-refractivity contribution < 1.29 is 27.4 Å². The summed E-state index contributed by atoms with van der Waals surface area (Å²) in [4.78, 5) is 12.4. The van der Waals surface area contributed by atoms with Gasteiger partial charge in [-0.2, -0.15) is 4.31 Å². The van der Waals surface area contributed by atoms with Crippen molar-refractivity contribution in [2.75, 3.05) is 46.1 Å². The van der Waals surface area contributed by atoms with Gasteiger partial charge in [-0.15, -0.1) is 0 Å². The van der Waals surface area contributed by atoms with Crippen LogP contribution in [0.5, 0.6) is 11.5 Å². The first-order chi connectivity index (χ1) is 15.9. The summed E-state index contributed by atoms with van der Waals surface area (Å²) in [6.07, 6.45) is 0.581. The number of nitrogens with zero attached hydrogens (tertiary/aromatic N) is 1. The standard InChI is InChI=1S/C22H26ClN3O6S/c23-19-13-17(14-20-21(19)32-12-11-31-20)5-6-24-22(27)25-15-16-1-3-18(4-2-16)33(28,29)26-7-9-30-10-8-26/h1-4,13-14H,5-12,15H2,(H2,24,25,27). The van der Waals surface area contributed by atoms with E-state index in [0.29, 0.717) is 69.0 Å². The number of halogens is 1. The molecule has 11 heteroatoms. The molecule has 2 aliphatic heterocycles. The molecule has 0 radical (unpaired) electrons. The molecule has 2 heterocycles. The number of carbonyl (C=O) groups excluding carboxylic acids is 1. The number of urea groups is 1. The average Bonchev–Trinajstić information content (AvgIpc) is 2.84. The number of sulfonamides is 1. The van der Waals surface area contributed by atoms with Crippen LogP contribution in [0.2, 0.25) is 5.02 Å². The number of fused-ring (bicyclic) bond motifs is 1. The van der Waals surface area contributed by atoms with E-state index >= 15 is 0 Å². The van der Waals surface area contributed by atoms with Gasteiger partial charge in [0.2, 0.25) is 10.0 Å². The molecule has 2 aromatic rings. The first-order valence-corrected chi connectivity index (χ1v) is 12.5. The number of nitrogens with one attached hydrogen (secondary N) is 2. The summed E-state index contributed by atoms with van der Waals surface area (Å²) in [7, 11) is -3.53. The van der Waals surface area contributed by atoms with Crippen molar-refractivity contribution >= 4 is 27.7 Å². The quantitative estimate of drug-likeness (QED) is 0.610. The molecule has 33 heavy (non-hydrogen) atoms. The van der Waals surface area contributed by atoms with Crippen LogP contribution in [0, 0.1) is 0 Å². The molecule has 2 aromatic carbocycles. The predicted molar refractivity (Wildman–Crippen MR) is 122 cm³/mol. The maximum atomic E-state index is 12.7. The maximum Gasteiger partial charge on any atom is 0.315 e. The second-order valence-electron chi connectivity index (χ2n) is 7.62. The van der Waals surface area contributed by atoms with Gasteiger partial charge < -0.3 is 24.8 Å². The predicted octanol–water partition coefficient (Wildman–Crippen LogP) is 2.17. The molecule has 2 aliphatic rings. The maximum absolute atomic E-state index is 12.7. The molecule has 0 bridgehead atoms. The first kappa shape index (κ1) is 23.6. The Balaban J connectivity index is 1.23. The molecule has 0 spiro atoms. The van der Waals surface area contributed by atoms with Crippen molar-refractivity contribution in [3.63, 3.8) is 0 Å². The Kier molecular flexibility index (Phi) is 7.59. The minimum Gasteiger partial charge on any atom is -0.486 e. The highest BCUT2D eigenvalue weighted by Gasteiger charge is 2.26. The third kappa shape index (κ3) is 5.89. The van der Waals surface area contributed by atoms with Gasteiger partial charge in [-0.1, -0.05) is 23.7 Å². The lowest BCUT2D eigenvalue weighted by Gasteiger charge is -2.26. The Labute approximate surface area is 198 Å². The van der Waals surface area contributed by atoms with E-state index in [-0.39, 0.29) is 17.5 Å². The molecule has 178 valence electrons. The fourth-order valence-corrected chi connectivity index (χ4v) is 5.28. The summed E-state index contributed by atoms with van der Waals surface area (Å²) in [6, 6.07) is 9.88. The average molecular weight is 496 g/mol. The minimum absolute atomic E-state index is 0.232. The molecule has 9 nitrogen and oxygen atoms in total. The lowest BCUT2D eigenvalue weighted by molar-refractivity contribution is 0.0730. The smallest absolute Gasteiger partial charge is 0.315 e. The van der Waals surface area contributed by atoms with Crippen LogP contribution in [0.1, 0.15) is 11.1 Å². The largest absolute Gasteiger partial charge is 0.486 e. The molecule has 1 fully saturated rings. The van der Waals surface area contributed by atoms with Crippen LogP contribution in [0.3, 0.4) is 0 Å². The number of ether oxygens (including phenoxy) is 3. The molecule has 0 atom stereocenters. The Hall–Kier alpha value is -2.53. The molecule has 0 aliphatic carbocycles. The van der Waals surface area contributed by atoms with Gasteiger partial charge in [0.1, 0.15) is 13.2 Å². The third-order valence-electron chi connectivity index (χ3n) is 5.34. The van der Waals surface area contributed by atoms with Crippen molar-refractivity contribution in [2.24, 2.45) is 0 Å². The fourth-order valence-electron chi connectivity index (χ4n) is 3.59. The van der Waals surface area contributed by atoms with E-state index < -0.39 is 10.0 Å². The van der Waals surface area contributed by atoms with Gasteiger partial charge in [-0.25, -0.2) is 13.2 Å². The van der Waals surface area contributed by atoms with E-state index in [4.69, 9.17) is 25.8 Å². The van der Waals surface area contributed by atoms with Gasteiger partial charge in [-0.05, 0) is 41.8 Å². The van der Waals surface area contributed by atoms with Crippen molar-refractivity contribution in [2.45, 2.75) is 17.9 Å². The molecule has 0 unspecified atom stereocenters. The van der Waals surface area contributed by atoms with Crippen LogP contribution in [-0.2, 0) is 27.7 Å². The highest BCUT2D eigenvalue weighted by Crippen LogP contribution is 2.38. The lowest BCUT2D eigenvalue weighted by Crippen LogP contribution is -2.40. The van der Waals surface area contributed by atoms with Gasteiger partial charge in [-0.3, -0.25) is 0 Å². The number of amides is 2. The van der Waals surface area contributed by atoms with Gasteiger partial charge in [0.15, 0.2) is 11.5 Å². The SMILES string of the molecule is O=C(NCCc1cc(Cl)c2c(c1)OCCO2)NCc1ccc(S(=O)(=O)N2CCOCC2)cc1.